The number of hydrogen-bond acceptors (Lipinski definition) is 4. The molecule has 0 saturated heterocycles. The third-order valence-electron chi connectivity index (χ3n) is 19.0. The summed E-state index contributed by atoms with van der Waals surface area (Å²) in [6.07, 6.45) is 4.49. The molecule has 2 aliphatic heterocycles. The maximum atomic E-state index is 7.64. The number of anilines is 9. The molecule has 0 N–H and O–H groups in total. The van der Waals surface area contributed by atoms with Crippen LogP contribution in [-0.2, 0) is 32.5 Å². The second-order valence-electron chi connectivity index (χ2n) is 28.3. The minimum Gasteiger partial charge on any atom is -0.468 e. The van der Waals surface area contributed by atoms with Crippen molar-refractivity contribution in [2.75, 3.05) is 14.7 Å². The zero-order chi connectivity index (χ0) is 55.3. The van der Waals surface area contributed by atoms with Crippen LogP contribution in [0.5, 0.6) is 0 Å². The highest BCUT2D eigenvalue weighted by molar-refractivity contribution is 7.00. The van der Waals surface area contributed by atoms with Gasteiger partial charge in [0.15, 0.2) is 0 Å². The molecule has 3 heterocycles. The van der Waals surface area contributed by atoms with Gasteiger partial charge in [0.1, 0.15) is 5.58 Å². The van der Waals surface area contributed by atoms with Crippen molar-refractivity contribution in [3.8, 4) is 11.1 Å². The molecule has 0 radical (unpaired) electrons. The van der Waals surface area contributed by atoms with Gasteiger partial charge in [-0.25, -0.2) is 0 Å². The standard InChI is InChI=1S/C74H78BN3O/c1-69(2,3)48-30-33-52(34-31-48)77-61-43-53(76(50-26-20-16-21-27-50)51-28-22-17-23-29-51)44-62-66(61)75(68-67(77)54-42-49(70(4,5)6)32-37-63(54)79-68)58-45-56-57(73(11,12)39-38-72(56,9)10)46-60(58)78(62)59-36-35-55-65(64(59)47-24-18-15-19-25-47)74(13,14)41-40-71(55,7)8/h15-37,42-46H,38-41H2,1-14H3. The molecule has 4 nitrogen and oxygen atoms in total. The Balaban J connectivity index is 1.24. The third-order valence-corrected chi connectivity index (χ3v) is 19.0. The fourth-order valence-electron chi connectivity index (χ4n) is 14.2. The van der Waals surface area contributed by atoms with Gasteiger partial charge in [0, 0.05) is 45.1 Å². The fourth-order valence-corrected chi connectivity index (χ4v) is 14.2. The quantitative estimate of drug-likeness (QED) is 0.155. The van der Waals surface area contributed by atoms with Gasteiger partial charge < -0.3 is 19.1 Å². The first-order valence-electron chi connectivity index (χ1n) is 29.2. The molecular formula is C74H78BN3O. The Morgan fingerprint density at radius 1 is 0.456 bits per heavy atom. The van der Waals surface area contributed by atoms with Crippen molar-refractivity contribution in [2.24, 2.45) is 0 Å². The number of nitrogens with zero attached hydrogens (tertiary/aromatic N) is 3. The van der Waals surface area contributed by atoms with Crippen LogP contribution in [0.25, 0.3) is 22.1 Å². The predicted molar refractivity (Wildman–Crippen MR) is 338 cm³/mol. The van der Waals surface area contributed by atoms with E-state index in [1.165, 1.54) is 66.8 Å². The number of para-hydroxylation sites is 2. The maximum Gasteiger partial charge on any atom is 0.297 e. The maximum absolute atomic E-state index is 7.64. The number of fused-ring (bicyclic) bond motifs is 8. The molecule has 0 unspecified atom stereocenters. The molecule has 1 aromatic heterocycles. The van der Waals surface area contributed by atoms with Crippen molar-refractivity contribution < 1.29 is 4.42 Å². The molecule has 8 aromatic carbocycles. The summed E-state index contributed by atoms with van der Waals surface area (Å²) in [5.74, 6) is 0. The monoisotopic (exact) mass is 1040 g/mol. The number of rotatable bonds is 6. The van der Waals surface area contributed by atoms with E-state index in [4.69, 9.17) is 4.42 Å². The van der Waals surface area contributed by atoms with Crippen LogP contribution in [0.2, 0.25) is 0 Å². The minimum absolute atomic E-state index is 0.00499. The van der Waals surface area contributed by atoms with Crippen LogP contribution < -0.4 is 31.3 Å². The average molecular weight is 1040 g/mol. The Morgan fingerprint density at radius 3 is 1.56 bits per heavy atom. The van der Waals surface area contributed by atoms with Crippen molar-refractivity contribution in [1.82, 2.24) is 0 Å². The van der Waals surface area contributed by atoms with Crippen molar-refractivity contribution in [1.29, 1.82) is 0 Å². The van der Waals surface area contributed by atoms with Crippen LogP contribution >= 0.6 is 0 Å². The van der Waals surface area contributed by atoms with E-state index in [1.807, 2.05) is 0 Å². The summed E-state index contributed by atoms with van der Waals surface area (Å²) in [7, 11) is 0. The van der Waals surface area contributed by atoms with Crippen LogP contribution in [0.15, 0.2) is 174 Å². The van der Waals surface area contributed by atoms with Gasteiger partial charge in [0.05, 0.1) is 22.7 Å². The van der Waals surface area contributed by atoms with E-state index in [1.54, 1.807) is 0 Å². The first-order chi connectivity index (χ1) is 37.4. The molecule has 398 valence electrons. The second kappa shape index (κ2) is 17.6. The normalized spacial score (nSPS) is 17.4. The molecule has 0 fully saturated rings. The summed E-state index contributed by atoms with van der Waals surface area (Å²) in [6, 6.07) is 65.0. The molecule has 13 rings (SSSR count). The van der Waals surface area contributed by atoms with Gasteiger partial charge >= 0.3 is 0 Å². The Hall–Kier alpha value is -7.24. The molecule has 0 atom stereocenters. The van der Waals surface area contributed by atoms with Crippen molar-refractivity contribution in [2.45, 2.75) is 155 Å². The Morgan fingerprint density at radius 2 is 0.975 bits per heavy atom. The third kappa shape index (κ3) is 8.14. The molecule has 0 bridgehead atoms. The molecule has 9 aromatic rings. The molecule has 0 amide bonds. The van der Waals surface area contributed by atoms with Crippen LogP contribution in [0.1, 0.15) is 156 Å². The lowest BCUT2D eigenvalue weighted by Gasteiger charge is -2.48. The van der Waals surface area contributed by atoms with E-state index >= 15 is 0 Å². The van der Waals surface area contributed by atoms with Gasteiger partial charge in [0.2, 0.25) is 0 Å². The highest BCUT2D eigenvalue weighted by Gasteiger charge is 2.51. The largest absolute Gasteiger partial charge is 0.468 e. The SMILES string of the molecule is CC(C)(C)c1ccc(N2c3cc(N(c4ccccc4)c4ccccc4)cc4c3B(c3cc5c(cc3N4c3ccc4c(c3-c3ccccc3)C(C)(C)CCC4(C)C)C(C)(C)CCC5(C)C)c3oc4ccc(C(C)(C)C)cc4c32)cc1. The van der Waals surface area contributed by atoms with Crippen molar-refractivity contribution in [3.05, 3.63) is 203 Å². The van der Waals surface area contributed by atoms with E-state index < -0.39 is 0 Å². The van der Waals surface area contributed by atoms with E-state index in [-0.39, 0.29) is 39.2 Å². The summed E-state index contributed by atoms with van der Waals surface area (Å²) in [5, 5.41) is 1.14. The fraction of sp³-hybridized carbons (Fsp3) is 0.324. The molecule has 79 heavy (non-hydrogen) atoms. The summed E-state index contributed by atoms with van der Waals surface area (Å²) in [6.45, 7) is 33.5. The van der Waals surface area contributed by atoms with E-state index in [2.05, 4.69) is 281 Å². The molecule has 2 aliphatic carbocycles. The van der Waals surface area contributed by atoms with Crippen molar-refractivity contribution in [3.63, 3.8) is 0 Å². The highest BCUT2D eigenvalue weighted by atomic mass is 16.3. The first-order valence-corrected chi connectivity index (χ1v) is 29.2. The summed E-state index contributed by atoms with van der Waals surface area (Å²) in [4.78, 5) is 7.78. The molecule has 5 heteroatoms. The summed E-state index contributed by atoms with van der Waals surface area (Å²) < 4.78 is 7.64. The van der Waals surface area contributed by atoms with Crippen LogP contribution in [-0.4, -0.2) is 6.71 Å². The average Bonchev–Trinajstić information content (AvgIpc) is 2.52. The van der Waals surface area contributed by atoms with E-state index in [0.29, 0.717) is 0 Å². The summed E-state index contributed by atoms with van der Waals surface area (Å²) >= 11 is 0. The highest BCUT2D eigenvalue weighted by Crippen LogP contribution is 2.57. The Kier molecular flexibility index (Phi) is 11.4. The van der Waals surface area contributed by atoms with Gasteiger partial charge in [-0.05, 0) is 181 Å². The lowest BCUT2D eigenvalue weighted by Crippen LogP contribution is -2.61. The van der Waals surface area contributed by atoms with E-state index in [0.717, 1.165) is 82.1 Å². The molecule has 0 spiro atoms. The lowest BCUT2D eigenvalue weighted by molar-refractivity contribution is 0.332. The zero-order valence-corrected chi connectivity index (χ0v) is 49.3. The molecular weight excluding hydrogens is 958 g/mol. The van der Waals surface area contributed by atoms with Gasteiger partial charge in [-0.15, -0.1) is 0 Å². The molecule has 0 saturated carbocycles. The Bertz CT molecular complexity index is 3830. The van der Waals surface area contributed by atoms with Crippen LogP contribution in [0.3, 0.4) is 0 Å². The van der Waals surface area contributed by atoms with Gasteiger partial charge in [0.25, 0.3) is 6.71 Å². The number of hydrogen-bond donors (Lipinski definition) is 0. The lowest BCUT2D eigenvalue weighted by atomic mass is 9.35. The smallest absolute Gasteiger partial charge is 0.297 e. The van der Waals surface area contributed by atoms with Crippen LogP contribution in [0.4, 0.5) is 51.2 Å². The van der Waals surface area contributed by atoms with Crippen molar-refractivity contribution >= 4 is 85.5 Å². The van der Waals surface area contributed by atoms with Gasteiger partial charge in [-0.2, -0.15) is 0 Å². The Labute approximate surface area is 471 Å². The zero-order valence-electron chi connectivity index (χ0n) is 49.3. The van der Waals surface area contributed by atoms with E-state index in [9.17, 15) is 0 Å². The van der Waals surface area contributed by atoms with Gasteiger partial charge in [-0.1, -0.05) is 194 Å². The first kappa shape index (κ1) is 51.2. The predicted octanol–water partition coefficient (Wildman–Crippen LogP) is 18.9. The van der Waals surface area contributed by atoms with Crippen LogP contribution in [0, 0.1) is 0 Å². The van der Waals surface area contributed by atoms with Gasteiger partial charge in [-0.3, -0.25) is 0 Å². The minimum atomic E-state index is -0.225. The topological polar surface area (TPSA) is 22.9 Å². The number of furan rings is 1. The molecule has 4 aliphatic rings. The summed E-state index contributed by atoms with van der Waals surface area (Å²) in [5.41, 5.74) is 25.4. The second-order valence-corrected chi connectivity index (χ2v) is 28.3. The number of benzene rings is 8.